The van der Waals surface area contributed by atoms with Crippen LogP contribution in [-0.4, -0.2) is 31.4 Å². The zero-order valence-corrected chi connectivity index (χ0v) is 18.7. The molecular formula is C23H29FN2O4S. The number of hydrogen-bond acceptors (Lipinski definition) is 4. The van der Waals surface area contributed by atoms with E-state index in [0.29, 0.717) is 6.54 Å². The molecule has 0 aliphatic heterocycles. The Balaban J connectivity index is 1.63. The van der Waals surface area contributed by atoms with Gasteiger partial charge < -0.3 is 14.4 Å². The van der Waals surface area contributed by atoms with Gasteiger partial charge in [0.25, 0.3) is 0 Å². The Morgan fingerprint density at radius 2 is 1.68 bits per heavy atom. The first-order chi connectivity index (χ1) is 14.7. The Bertz CT molecular complexity index is 970. The van der Waals surface area contributed by atoms with Crippen molar-refractivity contribution in [2.75, 3.05) is 0 Å². The van der Waals surface area contributed by atoms with E-state index >= 15 is 0 Å². The summed E-state index contributed by atoms with van der Waals surface area (Å²) in [6.07, 6.45) is 5.56. The van der Waals surface area contributed by atoms with Gasteiger partial charge in [0, 0.05) is 18.6 Å². The third-order valence-electron chi connectivity index (χ3n) is 5.40. The number of hydrogen-bond donors (Lipinski definition) is 1. The fourth-order valence-corrected chi connectivity index (χ4v) is 4.55. The van der Waals surface area contributed by atoms with Crippen molar-refractivity contribution < 1.29 is 21.8 Å². The first-order valence-electron chi connectivity index (χ1n) is 10.6. The van der Waals surface area contributed by atoms with Crippen LogP contribution in [0.4, 0.5) is 9.18 Å². The number of carbonyl (C=O) groups excluding carboxylic acids is 1. The lowest BCUT2D eigenvalue weighted by Crippen LogP contribution is -2.47. The largest absolute Gasteiger partial charge is 0.379 e. The van der Waals surface area contributed by atoms with Gasteiger partial charge in [-0.2, -0.15) is 8.42 Å². The number of carbonyl (C=O) groups is 1. The Labute approximate surface area is 183 Å². The van der Waals surface area contributed by atoms with Crippen molar-refractivity contribution >= 4 is 16.1 Å². The van der Waals surface area contributed by atoms with Crippen LogP contribution in [0, 0.1) is 5.82 Å². The van der Waals surface area contributed by atoms with Gasteiger partial charge in [-0.05, 0) is 68.7 Å². The average molecular weight is 449 g/mol. The number of halogens is 1. The van der Waals surface area contributed by atoms with Gasteiger partial charge in [-0.15, -0.1) is 0 Å². The summed E-state index contributed by atoms with van der Waals surface area (Å²) in [7, 11) is -4.05. The highest BCUT2D eigenvalue weighted by Crippen LogP contribution is 2.21. The van der Waals surface area contributed by atoms with Crippen LogP contribution < -0.4 is 9.50 Å². The standard InChI is InChI=1S/C23H29FN2O4S/c1-17(2)26(23(27)25-20-6-4-3-5-7-20)16-18-8-12-21(13-9-18)30-31(28,29)22-14-10-19(24)11-15-22/h8-15,17,20H,3-7,16H2,1-2H3,(H,25,27). The monoisotopic (exact) mass is 448 g/mol. The molecule has 0 saturated heterocycles. The molecule has 3 rings (SSSR count). The lowest BCUT2D eigenvalue weighted by Gasteiger charge is -2.31. The quantitative estimate of drug-likeness (QED) is 0.615. The Morgan fingerprint density at radius 1 is 1.06 bits per heavy atom. The number of rotatable bonds is 7. The molecule has 0 bridgehead atoms. The summed E-state index contributed by atoms with van der Waals surface area (Å²) in [6.45, 7) is 4.33. The maximum absolute atomic E-state index is 13.0. The molecule has 2 aromatic rings. The summed E-state index contributed by atoms with van der Waals surface area (Å²) in [5, 5.41) is 3.14. The minimum absolute atomic E-state index is 0.0124. The molecule has 168 valence electrons. The highest BCUT2D eigenvalue weighted by Gasteiger charge is 2.22. The van der Waals surface area contributed by atoms with Gasteiger partial charge in [-0.25, -0.2) is 9.18 Å². The Morgan fingerprint density at radius 3 is 2.26 bits per heavy atom. The van der Waals surface area contributed by atoms with Crippen LogP contribution in [0.25, 0.3) is 0 Å². The van der Waals surface area contributed by atoms with Gasteiger partial charge in [0.15, 0.2) is 0 Å². The Hall–Kier alpha value is -2.61. The summed E-state index contributed by atoms with van der Waals surface area (Å²) in [5.41, 5.74) is 0.860. The van der Waals surface area contributed by atoms with Gasteiger partial charge in [-0.1, -0.05) is 31.4 Å². The zero-order chi connectivity index (χ0) is 22.4. The summed E-state index contributed by atoms with van der Waals surface area (Å²) >= 11 is 0. The molecule has 1 aliphatic rings. The second-order valence-corrected chi connectivity index (χ2v) is 9.69. The molecule has 0 aromatic heterocycles. The molecule has 8 heteroatoms. The lowest BCUT2D eigenvalue weighted by molar-refractivity contribution is 0.172. The van der Waals surface area contributed by atoms with Crippen molar-refractivity contribution in [3.63, 3.8) is 0 Å². The molecule has 31 heavy (non-hydrogen) atoms. The number of benzene rings is 2. The van der Waals surface area contributed by atoms with E-state index in [4.69, 9.17) is 4.18 Å². The highest BCUT2D eigenvalue weighted by molar-refractivity contribution is 7.87. The molecule has 0 unspecified atom stereocenters. The van der Waals surface area contributed by atoms with Crippen molar-refractivity contribution in [1.29, 1.82) is 0 Å². The van der Waals surface area contributed by atoms with Crippen molar-refractivity contribution in [3.8, 4) is 5.75 Å². The minimum atomic E-state index is -4.05. The maximum Gasteiger partial charge on any atom is 0.339 e. The van der Waals surface area contributed by atoms with E-state index in [9.17, 15) is 17.6 Å². The predicted octanol–water partition coefficient (Wildman–Crippen LogP) is 4.85. The number of nitrogens with zero attached hydrogens (tertiary/aromatic N) is 1. The van der Waals surface area contributed by atoms with Gasteiger partial charge in [0.2, 0.25) is 0 Å². The molecule has 0 atom stereocenters. The van der Waals surface area contributed by atoms with E-state index in [0.717, 1.165) is 55.5 Å². The van der Waals surface area contributed by atoms with E-state index < -0.39 is 15.9 Å². The smallest absolute Gasteiger partial charge is 0.339 e. The van der Waals surface area contributed by atoms with E-state index in [2.05, 4.69) is 5.32 Å². The van der Waals surface area contributed by atoms with Crippen LogP contribution in [0.2, 0.25) is 0 Å². The van der Waals surface area contributed by atoms with E-state index in [1.807, 2.05) is 13.8 Å². The van der Waals surface area contributed by atoms with Crippen molar-refractivity contribution in [1.82, 2.24) is 10.2 Å². The molecule has 0 radical (unpaired) electrons. The molecular weight excluding hydrogens is 419 g/mol. The molecule has 1 fully saturated rings. The summed E-state index contributed by atoms with van der Waals surface area (Å²) < 4.78 is 42.8. The molecule has 0 heterocycles. The number of urea groups is 1. The van der Waals surface area contributed by atoms with Crippen LogP contribution in [-0.2, 0) is 16.7 Å². The van der Waals surface area contributed by atoms with Crippen molar-refractivity contribution in [2.45, 2.75) is 69.5 Å². The first kappa shape index (κ1) is 23.1. The van der Waals surface area contributed by atoms with Crippen LogP contribution in [0.3, 0.4) is 0 Å². The third-order valence-corrected chi connectivity index (χ3v) is 6.66. The zero-order valence-electron chi connectivity index (χ0n) is 17.9. The van der Waals surface area contributed by atoms with Crippen molar-refractivity contribution in [2.24, 2.45) is 0 Å². The van der Waals surface area contributed by atoms with Crippen LogP contribution in [0.1, 0.15) is 51.5 Å². The maximum atomic E-state index is 13.0. The number of amides is 2. The summed E-state index contributed by atoms with van der Waals surface area (Å²) in [4.78, 5) is 14.4. The van der Waals surface area contributed by atoms with Gasteiger partial charge in [0.1, 0.15) is 16.5 Å². The van der Waals surface area contributed by atoms with E-state index in [1.165, 1.54) is 6.42 Å². The molecule has 6 nitrogen and oxygen atoms in total. The molecule has 2 aromatic carbocycles. The normalized spacial score (nSPS) is 15.0. The number of nitrogens with one attached hydrogen (secondary N) is 1. The summed E-state index contributed by atoms with van der Waals surface area (Å²) in [5.74, 6) is -0.374. The second kappa shape index (κ2) is 10.1. The minimum Gasteiger partial charge on any atom is -0.379 e. The van der Waals surface area contributed by atoms with Crippen LogP contribution in [0.15, 0.2) is 53.4 Å². The SMILES string of the molecule is CC(C)N(Cc1ccc(OS(=O)(=O)c2ccc(F)cc2)cc1)C(=O)NC1CCCCC1. The fourth-order valence-electron chi connectivity index (χ4n) is 3.62. The highest BCUT2D eigenvalue weighted by atomic mass is 32.2. The topological polar surface area (TPSA) is 75.7 Å². The average Bonchev–Trinajstić information content (AvgIpc) is 2.73. The molecule has 0 spiro atoms. The first-order valence-corrected chi connectivity index (χ1v) is 12.0. The predicted molar refractivity (Wildman–Crippen MR) is 117 cm³/mol. The molecule has 1 N–H and O–H groups in total. The summed E-state index contributed by atoms with van der Waals surface area (Å²) in [6, 6.07) is 11.2. The second-order valence-electron chi connectivity index (χ2n) is 8.14. The van der Waals surface area contributed by atoms with Gasteiger partial charge in [0.05, 0.1) is 0 Å². The third kappa shape index (κ3) is 6.43. The fraction of sp³-hybridized carbons (Fsp3) is 0.435. The van der Waals surface area contributed by atoms with Crippen molar-refractivity contribution in [3.05, 3.63) is 59.9 Å². The van der Waals surface area contributed by atoms with E-state index in [1.54, 1.807) is 29.2 Å². The van der Waals surface area contributed by atoms with Crippen LogP contribution >= 0.6 is 0 Å². The molecule has 2 amide bonds. The van der Waals surface area contributed by atoms with E-state index in [-0.39, 0.29) is 28.8 Å². The van der Waals surface area contributed by atoms with Gasteiger partial charge in [-0.3, -0.25) is 0 Å². The Kier molecular flexibility index (Phi) is 7.54. The molecule has 1 aliphatic carbocycles. The lowest BCUT2D eigenvalue weighted by atomic mass is 9.96. The van der Waals surface area contributed by atoms with Gasteiger partial charge >= 0.3 is 16.1 Å². The van der Waals surface area contributed by atoms with Crippen LogP contribution in [0.5, 0.6) is 5.75 Å². The molecule has 1 saturated carbocycles.